The van der Waals surface area contributed by atoms with Gasteiger partial charge in [0, 0.05) is 23.6 Å². The molecule has 8 heteroatoms. The fraction of sp³-hybridized carbons (Fsp3) is 0.182. The highest BCUT2D eigenvalue weighted by atomic mass is 19.4. The number of halogens is 3. The van der Waals surface area contributed by atoms with Gasteiger partial charge >= 0.3 is 6.18 Å². The summed E-state index contributed by atoms with van der Waals surface area (Å²) in [6.07, 6.45) is -1.18. The largest absolute Gasteiger partial charge is 0.490 e. The Labute approximate surface area is 171 Å². The van der Waals surface area contributed by atoms with Crippen molar-refractivity contribution in [3.05, 3.63) is 83.7 Å². The first-order valence-corrected chi connectivity index (χ1v) is 9.14. The number of amides is 1. The number of pyridine rings is 1. The van der Waals surface area contributed by atoms with Crippen molar-refractivity contribution >= 4 is 11.6 Å². The molecule has 1 heterocycles. The van der Waals surface area contributed by atoms with E-state index in [2.05, 4.69) is 10.3 Å². The minimum absolute atomic E-state index is 0.0470. The summed E-state index contributed by atoms with van der Waals surface area (Å²) in [7, 11) is 0. The van der Waals surface area contributed by atoms with Crippen molar-refractivity contribution in [2.75, 3.05) is 11.9 Å². The molecule has 0 atom stereocenters. The molecule has 0 spiro atoms. The van der Waals surface area contributed by atoms with Crippen LogP contribution in [0.15, 0.2) is 67.0 Å². The molecule has 30 heavy (non-hydrogen) atoms. The summed E-state index contributed by atoms with van der Waals surface area (Å²) in [4.78, 5) is 16.5. The van der Waals surface area contributed by atoms with E-state index in [1.54, 1.807) is 25.4 Å². The number of nitrogens with zero attached hydrogens (tertiary/aromatic N) is 1. The molecule has 0 fully saturated rings. The van der Waals surface area contributed by atoms with Gasteiger partial charge in [0.25, 0.3) is 5.91 Å². The van der Waals surface area contributed by atoms with Gasteiger partial charge < -0.3 is 14.8 Å². The first-order valence-electron chi connectivity index (χ1n) is 9.14. The van der Waals surface area contributed by atoms with Crippen LogP contribution in [0, 0.1) is 0 Å². The lowest BCUT2D eigenvalue weighted by Gasteiger charge is -2.14. The fourth-order valence-corrected chi connectivity index (χ4v) is 2.65. The van der Waals surface area contributed by atoms with Crippen molar-refractivity contribution in [1.29, 1.82) is 0 Å². The number of ether oxygens (including phenoxy) is 2. The number of benzene rings is 2. The van der Waals surface area contributed by atoms with Crippen LogP contribution >= 0.6 is 0 Å². The van der Waals surface area contributed by atoms with Gasteiger partial charge in [-0.25, -0.2) is 0 Å². The van der Waals surface area contributed by atoms with Gasteiger partial charge in [0.2, 0.25) is 0 Å². The first kappa shape index (κ1) is 21.2. The summed E-state index contributed by atoms with van der Waals surface area (Å²) < 4.78 is 49.9. The summed E-state index contributed by atoms with van der Waals surface area (Å²) in [5.74, 6) is 0.253. The number of carbonyl (C=O) groups is 1. The molecule has 0 radical (unpaired) electrons. The van der Waals surface area contributed by atoms with Gasteiger partial charge in [-0.2, -0.15) is 13.2 Å². The van der Waals surface area contributed by atoms with Gasteiger partial charge in [0.1, 0.15) is 6.61 Å². The summed E-state index contributed by atoms with van der Waals surface area (Å²) in [6.45, 7) is 2.44. The molecule has 0 aliphatic heterocycles. The molecule has 1 aromatic heterocycles. The Kier molecular flexibility index (Phi) is 6.56. The number of alkyl halides is 3. The lowest BCUT2D eigenvalue weighted by atomic mass is 10.1. The minimum Gasteiger partial charge on any atom is -0.490 e. The molecular formula is C22H19F3N2O3. The Morgan fingerprint density at radius 2 is 1.77 bits per heavy atom. The Balaban J connectivity index is 1.75. The van der Waals surface area contributed by atoms with E-state index in [0.717, 1.165) is 17.7 Å². The van der Waals surface area contributed by atoms with Crippen LogP contribution < -0.4 is 14.8 Å². The number of hydrogen-bond acceptors (Lipinski definition) is 4. The van der Waals surface area contributed by atoms with E-state index in [-0.39, 0.29) is 11.3 Å². The van der Waals surface area contributed by atoms with Crippen LogP contribution in [-0.2, 0) is 12.8 Å². The highest BCUT2D eigenvalue weighted by molar-refractivity contribution is 6.04. The molecule has 0 unspecified atom stereocenters. The van der Waals surface area contributed by atoms with Crippen molar-refractivity contribution < 1.29 is 27.4 Å². The zero-order valence-electron chi connectivity index (χ0n) is 16.1. The number of aromatic nitrogens is 1. The van der Waals surface area contributed by atoms with E-state index in [4.69, 9.17) is 9.47 Å². The third-order valence-electron chi connectivity index (χ3n) is 4.10. The van der Waals surface area contributed by atoms with Crippen LogP contribution in [-0.4, -0.2) is 17.5 Å². The highest BCUT2D eigenvalue weighted by Gasteiger charge is 2.30. The van der Waals surface area contributed by atoms with Crippen molar-refractivity contribution in [2.45, 2.75) is 19.7 Å². The second kappa shape index (κ2) is 9.30. The number of carbonyl (C=O) groups excluding carboxylic acids is 1. The summed E-state index contributed by atoms with van der Waals surface area (Å²) in [6, 6.07) is 12.7. The second-order valence-corrected chi connectivity index (χ2v) is 6.27. The topological polar surface area (TPSA) is 60.5 Å². The van der Waals surface area contributed by atoms with Gasteiger partial charge in [-0.1, -0.05) is 6.07 Å². The molecule has 2 aromatic carbocycles. The third kappa shape index (κ3) is 5.50. The highest BCUT2D eigenvalue weighted by Crippen LogP contribution is 2.32. The Morgan fingerprint density at radius 1 is 1.00 bits per heavy atom. The first-order chi connectivity index (χ1) is 14.4. The predicted octanol–water partition coefficient (Wildman–Crippen LogP) is 5.33. The molecule has 1 N–H and O–H groups in total. The molecule has 1 amide bonds. The van der Waals surface area contributed by atoms with E-state index in [1.807, 2.05) is 12.1 Å². The van der Waals surface area contributed by atoms with Crippen LogP contribution in [0.1, 0.15) is 28.4 Å². The molecule has 5 nitrogen and oxygen atoms in total. The van der Waals surface area contributed by atoms with E-state index >= 15 is 0 Å². The predicted molar refractivity (Wildman–Crippen MR) is 106 cm³/mol. The molecule has 0 saturated heterocycles. The summed E-state index contributed by atoms with van der Waals surface area (Å²) >= 11 is 0. The van der Waals surface area contributed by atoms with Gasteiger partial charge in [0.15, 0.2) is 11.5 Å². The Hall–Kier alpha value is -3.55. The van der Waals surface area contributed by atoms with Crippen LogP contribution in [0.4, 0.5) is 18.9 Å². The normalized spacial score (nSPS) is 11.1. The van der Waals surface area contributed by atoms with Crippen LogP contribution in [0.3, 0.4) is 0 Å². The zero-order chi connectivity index (χ0) is 21.6. The average Bonchev–Trinajstić information content (AvgIpc) is 2.73. The molecular weight excluding hydrogens is 397 g/mol. The van der Waals surface area contributed by atoms with E-state index in [0.29, 0.717) is 24.7 Å². The lowest BCUT2D eigenvalue weighted by molar-refractivity contribution is -0.137. The van der Waals surface area contributed by atoms with Gasteiger partial charge in [0.05, 0.1) is 12.2 Å². The van der Waals surface area contributed by atoms with Crippen molar-refractivity contribution in [3.63, 3.8) is 0 Å². The van der Waals surface area contributed by atoms with Crippen LogP contribution in [0.5, 0.6) is 11.5 Å². The van der Waals surface area contributed by atoms with Crippen LogP contribution in [0.2, 0.25) is 0 Å². The fourth-order valence-electron chi connectivity index (χ4n) is 2.65. The maximum atomic E-state index is 12.9. The van der Waals surface area contributed by atoms with Crippen molar-refractivity contribution in [2.24, 2.45) is 0 Å². The second-order valence-electron chi connectivity index (χ2n) is 6.27. The molecule has 3 rings (SSSR count). The minimum atomic E-state index is -4.49. The lowest BCUT2D eigenvalue weighted by Crippen LogP contribution is -2.13. The van der Waals surface area contributed by atoms with E-state index in [9.17, 15) is 18.0 Å². The van der Waals surface area contributed by atoms with Gasteiger partial charge in [-0.15, -0.1) is 0 Å². The van der Waals surface area contributed by atoms with Crippen molar-refractivity contribution in [3.8, 4) is 11.5 Å². The summed E-state index contributed by atoms with van der Waals surface area (Å²) in [5.41, 5.74) is 0.354. The molecule has 0 aliphatic carbocycles. The molecule has 0 aliphatic rings. The zero-order valence-corrected chi connectivity index (χ0v) is 16.1. The maximum absolute atomic E-state index is 12.9. The average molecular weight is 416 g/mol. The van der Waals surface area contributed by atoms with Gasteiger partial charge in [-0.05, 0) is 61.0 Å². The molecule has 0 saturated carbocycles. The number of rotatable bonds is 7. The number of nitrogens with one attached hydrogen (secondary N) is 1. The quantitative estimate of drug-likeness (QED) is 0.566. The number of anilines is 1. The summed E-state index contributed by atoms with van der Waals surface area (Å²) in [5, 5.41) is 2.48. The Morgan fingerprint density at radius 3 is 2.47 bits per heavy atom. The number of hydrogen-bond donors (Lipinski definition) is 1. The molecule has 0 bridgehead atoms. The maximum Gasteiger partial charge on any atom is 0.416 e. The SMILES string of the molecule is CCOc1cc(C(=O)Nc2cccc(C(F)(F)F)c2)ccc1OCc1ccncc1. The van der Waals surface area contributed by atoms with Crippen molar-refractivity contribution in [1.82, 2.24) is 4.98 Å². The smallest absolute Gasteiger partial charge is 0.416 e. The molecule has 156 valence electrons. The standard InChI is InChI=1S/C22H19F3N2O3/c1-2-29-20-12-16(6-7-19(20)30-14-15-8-10-26-11-9-15)21(28)27-18-5-3-4-17(13-18)22(23,24)25/h3-13H,2,14H2,1H3,(H,27,28). The monoisotopic (exact) mass is 416 g/mol. The third-order valence-corrected chi connectivity index (χ3v) is 4.10. The van der Waals surface area contributed by atoms with E-state index < -0.39 is 17.6 Å². The van der Waals surface area contributed by atoms with Gasteiger partial charge in [-0.3, -0.25) is 9.78 Å². The van der Waals surface area contributed by atoms with Crippen LogP contribution in [0.25, 0.3) is 0 Å². The Bertz CT molecular complexity index is 1010. The molecule has 3 aromatic rings. The van der Waals surface area contributed by atoms with E-state index in [1.165, 1.54) is 24.3 Å².